The van der Waals surface area contributed by atoms with E-state index in [4.69, 9.17) is 11.6 Å². The van der Waals surface area contributed by atoms with Crippen LogP contribution in [0.1, 0.15) is 51.6 Å². The van der Waals surface area contributed by atoms with Gasteiger partial charge in [-0.15, -0.1) is 0 Å². The van der Waals surface area contributed by atoms with Crippen LogP contribution in [0.5, 0.6) is 0 Å². The lowest BCUT2D eigenvalue weighted by molar-refractivity contribution is -0.130. The molecule has 2 atom stereocenters. The summed E-state index contributed by atoms with van der Waals surface area (Å²) in [6.07, 6.45) is -3.48. The number of nitrogens with zero attached hydrogens (tertiary/aromatic N) is 1. The molecule has 3 N–H and O–H groups in total. The third-order valence-electron chi connectivity index (χ3n) is 6.80. The second-order valence-corrected chi connectivity index (χ2v) is 9.70. The first kappa shape index (κ1) is 28.5. The van der Waals surface area contributed by atoms with Crippen LogP contribution in [0.25, 0.3) is 0 Å². The number of benzene rings is 3. The van der Waals surface area contributed by atoms with Gasteiger partial charge in [-0.05, 0) is 61.5 Å². The number of hydrogen-bond donors (Lipinski definition) is 3. The molecular weight excluding hydrogens is 547 g/mol. The van der Waals surface area contributed by atoms with Crippen LogP contribution in [0.4, 0.5) is 33.3 Å². The predicted octanol–water partition coefficient (Wildman–Crippen LogP) is 5.77. The second-order valence-electron chi connectivity index (χ2n) is 9.27. The van der Waals surface area contributed by atoms with Crippen LogP contribution in [0.3, 0.4) is 0 Å². The fraction of sp³-hybridized carbons (Fsp3) is 0.259. The molecule has 4 rings (SSSR count). The van der Waals surface area contributed by atoms with E-state index in [0.717, 1.165) is 42.2 Å². The highest BCUT2D eigenvalue weighted by atomic mass is 35.5. The predicted molar refractivity (Wildman–Crippen MR) is 134 cm³/mol. The van der Waals surface area contributed by atoms with Gasteiger partial charge in [-0.2, -0.15) is 0 Å². The highest BCUT2D eigenvalue weighted by molar-refractivity contribution is 6.30. The van der Waals surface area contributed by atoms with Crippen molar-refractivity contribution in [3.05, 3.63) is 93.5 Å². The quantitative estimate of drug-likeness (QED) is 0.341. The summed E-state index contributed by atoms with van der Waals surface area (Å²) in [5.41, 5.74) is -6.97. The van der Waals surface area contributed by atoms with Crippen LogP contribution in [-0.4, -0.2) is 40.8 Å². The zero-order valence-electron chi connectivity index (χ0n) is 20.3. The molecule has 1 unspecified atom stereocenters. The summed E-state index contributed by atoms with van der Waals surface area (Å²) in [5, 5.41) is 23.2. The van der Waals surface area contributed by atoms with Gasteiger partial charge < -0.3 is 20.4 Å². The highest BCUT2D eigenvalue weighted by Crippen LogP contribution is 2.46. The number of aliphatic hydroxyl groups excluding tert-OH is 1. The van der Waals surface area contributed by atoms with Gasteiger partial charge in [0.2, 0.25) is 0 Å². The molecule has 6 nitrogen and oxygen atoms in total. The number of nitrogens with one attached hydrogen (secondary N) is 1. The Labute approximate surface area is 224 Å². The molecule has 1 heterocycles. The molecule has 12 heteroatoms. The second kappa shape index (κ2) is 10.6. The number of hydrogen-bond acceptors (Lipinski definition) is 4. The van der Waals surface area contributed by atoms with E-state index < -0.39 is 71.0 Å². The first-order valence-corrected chi connectivity index (χ1v) is 12.0. The fourth-order valence-corrected chi connectivity index (χ4v) is 4.65. The number of anilines is 2. The molecule has 0 saturated carbocycles. The van der Waals surface area contributed by atoms with Crippen molar-refractivity contribution in [2.24, 2.45) is 0 Å². The maximum Gasteiger partial charge on any atom is 0.264 e. The van der Waals surface area contributed by atoms with E-state index in [1.807, 2.05) is 0 Å². The standard InChI is InChI=1S/C27H22ClF5N2O4/c1-26(33)8-9-35(22-7-3-15(28)11-19(22)27(26,39)13-36)25(38)14-2-6-21(20(30)10-14)34-24(37)18-12-16(29)4-5-17(18)23(31)32/h2-7,10-12,23,36,39H,8-9,13H2,1H3,(H,34,37)/t26?,27-/m0/s1. The number of carbonyl (C=O) groups is 2. The Bertz CT molecular complexity index is 1450. The van der Waals surface area contributed by atoms with Gasteiger partial charge in [0.25, 0.3) is 18.2 Å². The van der Waals surface area contributed by atoms with Gasteiger partial charge in [0, 0.05) is 34.7 Å². The van der Waals surface area contributed by atoms with Crippen LogP contribution < -0.4 is 10.2 Å². The van der Waals surface area contributed by atoms with E-state index in [9.17, 15) is 37.4 Å². The average molecular weight is 569 g/mol. The SMILES string of the molecule is CC1(F)CCN(C(=O)c2ccc(NC(=O)c3cc(F)ccc3C(F)F)c(F)c2)c2ccc(Cl)cc2[C@@]1(O)CO. The van der Waals surface area contributed by atoms with Crippen molar-refractivity contribution in [3.63, 3.8) is 0 Å². The molecule has 0 aromatic heterocycles. The summed E-state index contributed by atoms with van der Waals surface area (Å²) in [5.74, 6) is -4.02. The molecule has 0 radical (unpaired) electrons. The Morgan fingerprint density at radius 1 is 1.10 bits per heavy atom. The molecule has 39 heavy (non-hydrogen) atoms. The van der Waals surface area contributed by atoms with E-state index >= 15 is 4.39 Å². The molecule has 1 aliphatic rings. The van der Waals surface area contributed by atoms with Gasteiger partial charge in [-0.25, -0.2) is 22.0 Å². The van der Waals surface area contributed by atoms with E-state index in [1.54, 1.807) is 0 Å². The molecule has 0 aliphatic carbocycles. The van der Waals surface area contributed by atoms with Gasteiger partial charge in [0.1, 0.15) is 22.9 Å². The summed E-state index contributed by atoms with van der Waals surface area (Å²) in [7, 11) is 0. The summed E-state index contributed by atoms with van der Waals surface area (Å²) in [6, 6.07) is 9.06. The minimum absolute atomic E-state index is 0.0470. The van der Waals surface area contributed by atoms with Crippen molar-refractivity contribution in [1.82, 2.24) is 0 Å². The molecule has 3 aromatic carbocycles. The summed E-state index contributed by atoms with van der Waals surface area (Å²) in [6.45, 7) is -0.174. The minimum Gasteiger partial charge on any atom is -0.393 e. The molecular formula is C27H22ClF5N2O4. The van der Waals surface area contributed by atoms with Gasteiger partial charge >= 0.3 is 0 Å². The third-order valence-corrected chi connectivity index (χ3v) is 7.03. The first-order valence-electron chi connectivity index (χ1n) is 11.6. The molecule has 0 saturated heterocycles. The Balaban J connectivity index is 1.66. The van der Waals surface area contributed by atoms with Crippen molar-refractivity contribution < 1.29 is 41.8 Å². The molecule has 0 bridgehead atoms. The van der Waals surface area contributed by atoms with Crippen molar-refractivity contribution in [2.75, 3.05) is 23.4 Å². The summed E-state index contributed by atoms with van der Waals surface area (Å²) < 4.78 is 70.6. The van der Waals surface area contributed by atoms with Gasteiger partial charge in [0.15, 0.2) is 0 Å². The van der Waals surface area contributed by atoms with Crippen LogP contribution in [0.15, 0.2) is 54.6 Å². The zero-order valence-corrected chi connectivity index (χ0v) is 21.1. The topological polar surface area (TPSA) is 89.9 Å². The molecule has 2 amide bonds. The van der Waals surface area contributed by atoms with E-state index in [2.05, 4.69) is 5.32 Å². The van der Waals surface area contributed by atoms with Crippen LogP contribution in [0, 0.1) is 11.6 Å². The van der Waals surface area contributed by atoms with Crippen molar-refractivity contribution in [1.29, 1.82) is 0 Å². The van der Waals surface area contributed by atoms with Crippen LogP contribution in [0.2, 0.25) is 5.02 Å². The van der Waals surface area contributed by atoms with Crippen molar-refractivity contribution >= 4 is 34.8 Å². The smallest absolute Gasteiger partial charge is 0.264 e. The fourth-order valence-electron chi connectivity index (χ4n) is 4.48. The van der Waals surface area contributed by atoms with Crippen LogP contribution in [-0.2, 0) is 5.60 Å². The third kappa shape index (κ3) is 5.21. The number of fused-ring (bicyclic) bond motifs is 1. The number of amides is 2. The Hall–Kier alpha value is -3.54. The maximum atomic E-state index is 15.5. The monoisotopic (exact) mass is 568 g/mol. The van der Waals surface area contributed by atoms with Crippen LogP contribution >= 0.6 is 11.6 Å². The van der Waals surface area contributed by atoms with E-state index in [-0.39, 0.29) is 28.4 Å². The molecule has 3 aromatic rings. The number of rotatable bonds is 5. The molecule has 0 spiro atoms. The largest absolute Gasteiger partial charge is 0.393 e. The summed E-state index contributed by atoms with van der Waals surface area (Å²) in [4.78, 5) is 27.0. The molecule has 206 valence electrons. The van der Waals surface area contributed by atoms with E-state index in [1.165, 1.54) is 18.2 Å². The average Bonchev–Trinajstić information content (AvgIpc) is 2.97. The maximum absolute atomic E-state index is 15.5. The normalized spacial score (nSPS) is 20.9. The van der Waals surface area contributed by atoms with Gasteiger partial charge in [-0.1, -0.05) is 11.6 Å². The molecule has 0 fully saturated rings. The van der Waals surface area contributed by atoms with Crippen molar-refractivity contribution in [3.8, 4) is 0 Å². The Morgan fingerprint density at radius 3 is 2.46 bits per heavy atom. The van der Waals surface area contributed by atoms with Gasteiger partial charge in [-0.3, -0.25) is 9.59 Å². The number of aliphatic hydroxyl groups is 2. The lowest BCUT2D eigenvalue weighted by Crippen LogP contribution is -2.49. The highest BCUT2D eigenvalue weighted by Gasteiger charge is 2.52. The Morgan fingerprint density at radius 2 is 1.82 bits per heavy atom. The minimum atomic E-state index is -3.09. The van der Waals surface area contributed by atoms with E-state index in [0.29, 0.717) is 6.07 Å². The lowest BCUT2D eigenvalue weighted by atomic mass is 9.79. The number of carbonyl (C=O) groups excluding carboxylic acids is 2. The molecule has 1 aliphatic heterocycles. The van der Waals surface area contributed by atoms with Crippen molar-refractivity contribution in [2.45, 2.75) is 31.0 Å². The first-order chi connectivity index (χ1) is 18.3. The Kier molecular flexibility index (Phi) is 7.70. The number of alkyl halides is 3. The lowest BCUT2D eigenvalue weighted by Gasteiger charge is -2.37. The summed E-state index contributed by atoms with van der Waals surface area (Å²) >= 11 is 6.05. The zero-order chi connectivity index (χ0) is 28.7. The van der Waals surface area contributed by atoms with Gasteiger partial charge in [0.05, 0.1) is 23.5 Å². The number of halogens is 6.